The van der Waals surface area contributed by atoms with Crippen LogP contribution in [0, 0.1) is 0 Å². The standard InChI is InChI=1S/C14H15ClN4O5S/c15-10-3-1-9(2-4-10)12-11(14(20)21)13(17-24-12)18-5-7-19(8-6-18)25(16,22)23/h1-4H,5-8H2,(H,20,21)(H2,16,22,23). The van der Waals surface area contributed by atoms with Crippen molar-refractivity contribution in [2.45, 2.75) is 0 Å². The number of carbonyl (C=O) groups is 1. The fourth-order valence-electron chi connectivity index (χ4n) is 2.64. The van der Waals surface area contributed by atoms with E-state index in [4.69, 9.17) is 21.3 Å². The van der Waals surface area contributed by atoms with E-state index in [2.05, 4.69) is 5.16 Å². The predicted octanol–water partition coefficient (Wildman–Crippen LogP) is 1.02. The van der Waals surface area contributed by atoms with E-state index in [0.717, 1.165) is 4.31 Å². The molecule has 3 N–H and O–H groups in total. The Kier molecular flexibility index (Phi) is 4.69. The zero-order chi connectivity index (χ0) is 18.2. The third kappa shape index (κ3) is 3.61. The van der Waals surface area contributed by atoms with Gasteiger partial charge in [-0.2, -0.15) is 12.7 Å². The third-order valence-electron chi connectivity index (χ3n) is 3.89. The Bertz CT molecular complexity index is 888. The lowest BCUT2D eigenvalue weighted by Crippen LogP contribution is -2.51. The molecular formula is C14H15ClN4O5S. The zero-order valence-electron chi connectivity index (χ0n) is 12.9. The second kappa shape index (κ2) is 6.64. The number of hydrogen-bond donors (Lipinski definition) is 2. The van der Waals surface area contributed by atoms with Gasteiger partial charge in [-0.25, -0.2) is 9.93 Å². The Labute approximate surface area is 148 Å². The van der Waals surface area contributed by atoms with Gasteiger partial charge in [0.2, 0.25) is 0 Å². The first-order valence-corrected chi connectivity index (χ1v) is 9.17. The Morgan fingerprint density at radius 2 is 1.80 bits per heavy atom. The monoisotopic (exact) mass is 386 g/mol. The number of hydrogen-bond acceptors (Lipinski definition) is 6. The Balaban J connectivity index is 1.91. The number of benzene rings is 1. The predicted molar refractivity (Wildman–Crippen MR) is 90.8 cm³/mol. The van der Waals surface area contributed by atoms with Gasteiger partial charge in [-0.1, -0.05) is 16.8 Å². The maximum Gasteiger partial charge on any atom is 0.343 e. The number of aromatic carboxylic acids is 1. The highest BCUT2D eigenvalue weighted by atomic mass is 35.5. The summed E-state index contributed by atoms with van der Waals surface area (Å²) >= 11 is 5.84. The number of carboxylic acids is 1. The van der Waals surface area contributed by atoms with Gasteiger partial charge in [-0.3, -0.25) is 0 Å². The van der Waals surface area contributed by atoms with Gasteiger partial charge in [0.1, 0.15) is 0 Å². The summed E-state index contributed by atoms with van der Waals surface area (Å²) in [6.45, 7) is 0.786. The number of piperazine rings is 1. The minimum atomic E-state index is -3.77. The van der Waals surface area contributed by atoms with Crippen molar-refractivity contribution in [1.29, 1.82) is 0 Å². The van der Waals surface area contributed by atoms with Gasteiger partial charge < -0.3 is 14.5 Å². The van der Waals surface area contributed by atoms with Crippen LogP contribution in [0.3, 0.4) is 0 Å². The fourth-order valence-corrected chi connectivity index (χ4v) is 3.44. The molecule has 11 heteroatoms. The molecule has 9 nitrogen and oxygen atoms in total. The molecular weight excluding hydrogens is 372 g/mol. The van der Waals surface area contributed by atoms with E-state index in [1.807, 2.05) is 0 Å². The van der Waals surface area contributed by atoms with Crippen LogP contribution in [0.4, 0.5) is 5.82 Å². The van der Waals surface area contributed by atoms with Crippen molar-refractivity contribution in [3.63, 3.8) is 0 Å². The van der Waals surface area contributed by atoms with Crippen molar-refractivity contribution in [3.8, 4) is 11.3 Å². The van der Waals surface area contributed by atoms with Crippen molar-refractivity contribution in [1.82, 2.24) is 9.46 Å². The molecule has 25 heavy (non-hydrogen) atoms. The van der Waals surface area contributed by atoms with Crippen molar-refractivity contribution < 1.29 is 22.8 Å². The number of halogens is 1. The average molecular weight is 387 g/mol. The number of nitrogens with two attached hydrogens (primary N) is 1. The first-order valence-electron chi connectivity index (χ1n) is 7.29. The van der Waals surface area contributed by atoms with E-state index in [9.17, 15) is 18.3 Å². The van der Waals surface area contributed by atoms with Crippen molar-refractivity contribution >= 4 is 33.6 Å². The molecule has 1 fully saturated rings. The molecule has 1 aromatic heterocycles. The molecule has 2 aromatic rings. The highest BCUT2D eigenvalue weighted by Crippen LogP contribution is 2.32. The summed E-state index contributed by atoms with van der Waals surface area (Å²) in [7, 11) is -3.77. The van der Waals surface area contributed by atoms with Crippen LogP contribution in [-0.4, -0.2) is 55.1 Å². The highest BCUT2D eigenvalue weighted by Gasteiger charge is 2.31. The highest BCUT2D eigenvalue weighted by molar-refractivity contribution is 7.86. The Hall–Kier alpha value is -2.14. The molecule has 0 radical (unpaired) electrons. The van der Waals surface area contributed by atoms with Crippen LogP contribution in [0.25, 0.3) is 11.3 Å². The summed E-state index contributed by atoms with van der Waals surface area (Å²) in [6.07, 6.45) is 0. The maximum atomic E-state index is 11.7. The molecule has 3 rings (SSSR count). The summed E-state index contributed by atoms with van der Waals surface area (Å²) in [5.41, 5.74) is 0.454. The summed E-state index contributed by atoms with van der Waals surface area (Å²) in [4.78, 5) is 13.4. The largest absolute Gasteiger partial charge is 0.477 e. The molecule has 1 aliphatic heterocycles. The lowest BCUT2D eigenvalue weighted by Gasteiger charge is -2.32. The second-order valence-electron chi connectivity index (χ2n) is 5.45. The van der Waals surface area contributed by atoms with Gasteiger partial charge >= 0.3 is 5.97 Å². The summed E-state index contributed by atoms with van der Waals surface area (Å²) in [6, 6.07) is 6.52. The van der Waals surface area contributed by atoms with Crippen LogP contribution in [-0.2, 0) is 10.2 Å². The first-order chi connectivity index (χ1) is 11.8. The first kappa shape index (κ1) is 17.7. The molecule has 1 aliphatic rings. The molecule has 1 saturated heterocycles. The van der Waals surface area contributed by atoms with Crippen LogP contribution in [0.2, 0.25) is 5.02 Å². The number of nitrogens with zero attached hydrogens (tertiary/aromatic N) is 3. The van der Waals surface area contributed by atoms with Gasteiger partial charge in [-0.05, 0) is 24.3 Å². The Morgan fingerprint density at radius 1 is 1.20 bits per heavy atom. The van der Waals surface area contributed by atoms with E-state index >= 15 is 0 Å². The minimum Gasteiger partial charge on any atom is -0.477 e. The van der Waals surface area contributed by atoms with Crippen molar-refractivity contribution in [2.24, 2.45) is 5.14 Å². The third-order valence-corrected chi connectivity index (χ3v) is 5.23. The number of anilines is 1. The van der Waals surface area contributed by atoms with E-state index < -0.39 is 16.2 Å². The van der Waals surface area contributed by atoms with E-state index in [1.54, 1.807) is 29.2 Å². The van der Waals surface area contributed by atoms with Gasteiger partial charge in [-0.15, -0.1) is 0 Å². The molecule has 0 aliphatic carbocycles. The smallest absolute Gasteiger partial charge is 0.343 e. The van der Waals surface area contributed by atoms with Crippen LogP contribution in [0.5, 0.6) is 0 Å². The van der Waals surface area contributed by atoms with Crippen molar-refractivity contribution in [2.75, 3.05) is 31.1 Å². The van der Waals surface area contributed by atoms with Gasteiger partial charge in [0, 0.05) is 36.8 Å². The SMILES string of the molecule is NS(=O)(=O)N1CCN(c2noc(-c3ccc(Cl)cc3)c2C(=O)O)CC1. The quantitative estimate of drug-likeness (QED) is 0.802. The molecule has 0 atom stereocenters. The fraction of sp³-hybridized carbons (Fsp3) is 0.286. The zero-order valence-corrected chi connectivity index (χ0v) is 14.5. The average Bonchev–Trinajstić information content (AvgIpc) is 3.00. The molecule has 0 bridgehead atoms. The lowest BCUT2D eigenvalue weighted by atomic mass is 10.1. The normalized spacial score (nSPS) is 16.2. The van der Waals surface area contributed by atoms with E-state index in [-0.39, 0.29) is 43.3 Å². The van der Waals surface area contributed by atoms with Gasteiger partial charge in [0.05, 0.1) is 0 Å². The molecule has 0 saturated carbocycles. The van der Waals surface area contributed by atoms with Crippen LogP contribution in [0.15, 0.2) is 28.8 Å². The topological polar surface area (TPSA) is 130 Å². The van der Waals surface area contributed by atoms with Gasteiger partial charge in [0.15, 0.2) is 17.1 Å². The molecule has 0 spiro atoms. The van der Waals surface area contributed by atoms with E-state index in [0.29, 0.717) is 10.6 Å². The molecule has 2 heterocycles. The number of carboxylic acid groups (broad SMARTS) is 1. The maximum absolute atomic E-state index is 11.7. The van der Waals surface area contributed by atoms with Crippen LogP contribution in [0.1, 0.15) is 10.4 Å². The summed E-state index contributed by atoms with van der Waals surface area (Å²) in [5.74, 6) is -0.908. The molecule has 0 unspecified atom stereocenters. The summed E-state index contributed by atoms with van der Waals surface area (Å²) < 4.78 is 29.1. The van der Waals surface area contributed by atoms with E-state index in [1.165, 1.54) is 0 Å². The molecule has 1 aromatic carbocycles. The molecule has 0 amide bonds. The Morgan fingerprint density at radius 3 is 2.32 bits per heavy atom. The van der Waals surface area contributed by atoms with Gasteiger partial charge in [0.25, 0.3) is 10.2 Å². The lowest BCUT2D eigenvalue weighted by molar-refractivity contribution is 0.0697. The van der Waals surface area contributed by atoms with Crippen LogP contribution < -0.4 is 10.0 Å². The minimum absolute atomic E-state index is 0.0774. The van der Waals surface area contributed by atoms with Crippen molar-refractivity contribution in [3.05, 3.63) is 34.9 Å². The molecule has 134 valence electrons. The second-order valence-corrected chi connectivity index (χ2v) is 7.44. The number of aromatic nitrogens is 1. The summed E-state index contributed by atoms with van der Waals surface area (Å²) in [5, 5.41) is 19.1. The number of rotatable bonds is 4. The van der Waals surface area contributed by atoms with Crippen LogP contribution >= 0.6 is 11.6 Å².